The third-order valence-electron chi connectivity index (χ3n) is 2.89. The molecule has 0 bridgehead atoms. The van der Waals surface area contributed by atoms with Gasteiger partial charge in [-0.05, 0) is 61.2 Å². The normalized spacial score (nSPS) is 10.2. The summed E-state index contributed by atoms with van der Waals surface area (Å²) in [6.07, 6.45) is 2.02. The first-order chi connectivity index (χ1) is 10.1. The molecule has 2 rings (SSSR count). The molecule has 0 aromatic heterocycles. The van der Waals surface area contributed by atoms with Crippen molar-refractivity contribution in [2.75, 3.05) is 18.2 Å². The van der Waals surface area contributed by atoms with Crippen molar-refractivity contribution in [3.8, 4) is 5.75 Å². The van der Waals surface area contributed by atoms with Crippen molar-refractivity contribution in [1.29, 1.82) is 0 Å². The highest BCUT2D eigenvalue weighted by Gasteiger charge is 2.06. The highest BCUT2D eigenvalue weighted by Crippen LogP contribution is 2.21. The quantitative estimate of drug-likeness (QED) is 0.792. The van der Waals surface area contributed by atoms with Crippen LogP contribution in [0, 0.1) is 6.92 Å². The second-order valence-electron chi connectivity index (χ2n) is 4.47. The molecule has 0 radical (unpaired) electrons. The molecule has 1 amide bonds. The molecule has 1 N–H and O–H groups in total. The summed E-state index contributed by atoms with van der Waals surface area (Å²) in [7, 11) is 0. The number of carbonyl (C=O) groups is 1. The van der Waals surface area contributed by atoms with Crippen molar-refractivity contribution in [1.82, 2.24) is 0 Å². The second kappa shape index (κ2) is 7.52. The van der Waals surface area contributed by atoms with Crippen molar-refractivity contribution < 1.29 is 9.53 Å². The molecule has 0 fully saturated rings. The smallest absolute Gasteiger partial charge is 0.262 e. The fraction of sp³-hybridized carbons (Fsp3) is 0.188. The van der Waals surface area contributed by atoms with Gasteiger partial charge in [0.15, 0.2) is 6.61 Å². The standard InChI is InChI=1S/C16H16BrNO2S/c1-11-9-12(17)3-8-15(11)18-16(19)10-20-13-4-6-14(21-2)7-5-13/h3-9H,10H2,1-2H3,(H,18,19). The molecule has 0 saturated heterocycles. The average molecular weight is 366 g/mol. The van der Waals surface area contributed by atoms with Crippen molar-refractivity contribution in [3.05, 3.63) is 52.5 Å². The van der Waals surface area contributed by atoms with E-state index in [0.717, 1.165) is 20.6 Å². The lowest BCUT2D eigenvalue weighted by molar-refractivity contribution is -0.118. The molecule has 0 saturated carbocycles. The van der Waals surface area contributed by atoms with Crippen LogP contribution in [0.5, 0.6) is 5.75 Å². The molecule has 2 aromatic rings. The molecule has 0 spiro atoms. The van der Waals surface area contributed by atoms with Crippen LogP contribution in [-0.2, 0) is 4.79 Å². The molecule has 0 unspecified atom stereocenters. The maximum atomic E-state index is 11.9. The fourth-order valence-electron chi connectivity index (χ4n) is 1.77. The minimum absolute atomic E-state index is 0.00583. The lowest BCUT2D eigenvalue weighted by Crippen LogP contribution is -2.20. The van der Waals surface area contributed by atoms with E-state index >= 15 is 0 Å². The number of halogens is 1. The maximum Gasteiger partial charge on any atom is 0.262 e. The molecule has 2 aromatic carbocycles. The van der Waals surface area contributed by atoms with Gasteiger partial charge in [-0.1, -0.05) is 15.9 Å². The largest absolute Gasteiger partial charge is 0.484 e. The van der Waals surface area contributed by atoms with E-state index in [1.807, 2.05) is 55.6 Å². The topological polar surface area (TPSA) is 38.3 Å². The number of aryl methyl sites for hydroxylation is 1. The van der Waals surface area contributed by atoms with Gasteiger partial charge in [-0.2, -0.15) is 0 Å². The van der Waals surface area contributed by atoms with Crippen molar-refractivity contribution in [3.63, 3.8) is 0 Å². The van der Waals surface area contributed by atoms with Crippen LogP contribution in [0.25, 0.3) is 0 Å². The predicted molar refractivity (Wildman–Crippen MR) is 91.2 cm³/mol. The molecule has 0 heterocycles. The first-order valence-corrected chi connectivity index (χ1v) is 8.43. The molecule has 21 heavy (non-hydrogen) atoms. The number of rotatable bonds is 5. The van der Waals surface area contributed by atoms with Crippen LogP contribution in [0.2, 0.25) is 0 Å². The monoisotopic (exact) mass is 365 g/mol. The average Bonchev–Trinajstić information content (AvgIpc) is 2.48. The Labute approximate surface area is 137 Å². The first-order valence-electron chi connectivity index (χ1n) is 6.41. The third kappa shape index (κ3) is 4.79. The second-order valence-corrected chi connectivity index (χ2v) is 6.27. The highest BCUT2D eigenvalue weighted by molar-refractivity contribution is 9.10. The predicted octanol–water partition coefficient (Wildman–Crippen LogP) is 4.50. The van der Waals surface area contributed by atoms with Crippen LogP contribution in [0.1, 0.15) is 5.56 Å². The number of benzene rings is 2. The molecule has 0 aliphatic carbocycles. The lowest BCUT2D eigenvalue weighted by atomic mass is 10.2. The van der Waals surface area contributed by atoms with Gasteiger partial charge in [-0.15, -0.1) is 11.8 Å². The van der Waals surface area contributed by atoms with Crippen LogP contribution >= 0.6 is 27.7 Å². The molecular weight excluding hydrogens is 350 g/mol. The van der Waals surface area contributed by atoms with Gasteiger partial charge >= 0.3 is 0 Å². The Balaban J connectivity index is 1.89. The number of amides is 1. The molecule has 0 atom stereocenters. The van der Waals surface area contributed by atoms with E-state index in [4.69, 9.17) is 4.74 Å². The minimum Gasteiger partial charge on any atom is -0.484 e. The maximum absolute atomic E-state index is 11.9. The van der Waals surface area contributed by atoms with Gasteiger partial charge in [-0.25, -0.2) is 0 Å². The van der Waals surface area contributed by atoms with Crippen LogP contribution in [0.4, 0.5) is 5.69 Å². The molecular formula is C16H16BrNO2S. The Hall–Kier alpha value is -1.46. The van der Waals surface area contributed by atoms with Crippen LogP contribution in [0.3, 0.4) is 0 Å². The zero-order chi connectivity index (χ0) is 15.2. The zero-order valence-electron chi connectivity index (χ0n) is 11.9. The lowest BCUT2D eigenvalue weighted by Gasteiger charge is -2.10. The van der Waals surface area contributed by atoms with Gasteiger partial charge in [0.05, 0.1) is 0 Å². The zero-order valence-corrected chi connectivity index (χ0v) is 14.3. The van der Waals surface area contributed by atoms with E-state index in [1.165, 1.54) is 0 Å². The summed E-state index contributed by atoms with van der Waals surface area (Å²) in [6.45, 7) is 1.94. The summed E-state index contributed by atoms with van der Waals surface area (Å²) in [4.78, 5) is 13.1. The molecule has 3 nitrogen and oxygen atoms in total. The number of hydrogen-bond acceptors (Lipinski definition) is 3. The van der Waals surface area contributed by atoms with Gasteiger partial charge in [0, 0.05) is 15.1 Å². The molecule has 0 aliphatic rings. The fourth-order valence-corrected chi connectivity index (χ4v) is 2.66. The van der Waals surface area contributed by atoms with Gasteiger partial charge in [0.1, 0.15) is 5.75 Å². The van der Waals surface area contributed by atoms with E-state index in [0.29, 0.717) is 5.75 Å². The van der Waals surface area contributed by atoms with E-state index in [2.05, 4.69) is 21.2 Å². The van der Waals surface area contributed by atoms with Gasteiger partial charge in [0.25, 0.3) is 5.91 Å². The summed E-state index contributed by atoms with van der Waals surface area (Å²) in [5.74, 6) is 0.518. The number of nitrogens with one attached hydrogen (secondary N) is 1. The third-order valence-corrected chi connectivity index (χ3v) is 4.13. The van der Waals surface area contributed by atoms with Crippen LogP contribution < -0.4 is 10.1 Å². The van der Waals surface area contributed by atoms with E-state index in [-0.39, 0.29) is 12.5 Å². The SMILES string of the molecule is CSc1ccc(OCC(=O)Nc2ccc(Br)cc2C)cc1. The summed E-state index contributed by atoms with van der Waals surface area (Å²) in [5.41, 5.74) is 1.80. The number of hydrogen-bond donors (Lipinski definition) is 1. The molecule has 5 heteroatoms. The minimum atomic E-state index is -0.172. The Kier molecular flexibility index (Phi) is 5.70. The summed E-state index contributed by atoms with van der Waals surface area (Å²) < 4.78 is 6.46. The Morgan fingerprint density at radius 3 is 2.57 bits per heavy atom. The summed E-state index contributed by atoms with van der Waals surface area (Å²) >= 11 is 5.06. The van der Waals surface area contributed by atoms with Crippen molar-refractivity contribution >= 4 is 39.3 Å². The molecule has 110 valence electrons. The van der Waals surface area contributed by atoms with Gasteiger partial charge in [-0.3, -0.25) is 4.79 Å². The number of ether oxygens (including phenoxy) is 1. The number of thioether (sulfide) groups is 1. The van der Waals surface area contributed by atoms with Crippen molar-refractivity contribution in [2.45, 2.75) is 11.8 Å². The number of anilines is 1. The van der Waals surface area contributed by atoms with Crippen LogP contribution in [-0.4, -0.2) is 18.8 Å². The Bertz CT molecular complexity index is 629. The van der Waals surface area contributed by atoms with E-state index in [1.54, 1.807) is 11.8 Å². The summed E-state index contributed by atoms with van der Waals surface area (Å²) in [6, 6.07) is 13.4. The Morgan fingerprint density at radius 2 is 1.95 bits per heavy atom. The highest BCUT2D eigenvalue weighted by atomic mass is 79.9. The molecule has 0 aliphatic heterocycles. The van der Waals surface area contributed by atoms with E-state index in [9.17, 15) is 4.79 Å². The van der Waals surface area contributed by atoms with Gasteiger partial charge < -0.3 is 10.1 Å². The van der Waals surface area contributed by atoms with E-state index < -0.39 is 0 Å². The summed E-state index contributed by atoms with van der Waals surface area (Å²) in [5, 5.41) is 2.84. The number of carbonyl (C=O) groups excluding carboxylic acids is 1. The Morgan fingerprint density at radius 1 is 1.24 bits per heavy atom. The van der Waals surface area contributed by atoms with Crippen molar-refractivity contribution in [2.24, 2.45) is 0 Å². The van der Waals surface area contributed by atoms with Gasteiger partial charge in [0.2, 0.25) is 0 Å². The van der Waals surface area contributed by atoms with Crippen LogP contribution in [0.15, 0.2) is 51.8 Å². The first kappa shape index (κ1) is 15.9.